The highest BCUT2D eigenvalue weighted by Gasteiger charge is 2.16. The summed E-state index contributed by atoms with van der Waals surface area (Å²) in [5, 5.41) is 4.59. The fourth-order valence-electron chi connectivity index (χ4n) is 5.90. The molecule has 42 heavy (non-hydrogen) atoms. The van der Waals surface area contributed by atoms with Crippen molar-refractivity contribution in [1.29, 1.82) is 0 Å². The van der Waals surface area contributed by atoms with E-state index in [1.807, 2.05) is 18.3 Å². The highest BCUT2D eigenvalue weighted by Crippen LogP contribution is 2.40. The summed E-state index contributed by atoms with van der Waals surface area (Å²) in [7, 11) is 0. The van der Waals surface area contributed by atoms with Crippen molar-refractivity contribution >= 4 is 49.8 Å². The summed E-state index contributed by atoms with van der Waals surface area (Å²) in [5.74, 6) is 0. The fourth-order valence-corrected chi connectivity index (χ4v) is 5.90. The summed E-state index contributed by atoms with van der Waals surface area (Å²) in [6.45, 7) is 0. The van der Waals surface area contributed by atoms with Crippen LogP contribution in [0.25, 0.3) is 55.0 Å². The smallest absolute Gasteiger partial charge is 0.138 e. The Kier molecular flexibility index (Phi) is 5.79. The lowest BCUT2D eigenvalue weighted by atomic mass is 9.98. The number of rotatable bonds is 5. The first-order chi connectivity index (χ1) is 20.8. The van der Waals surface area contributed by atoms with Crippen molar-refractivity contribution in [3.8, 4) is 22.3 Å². The van der Waals surface area contributed by atoms with Crippen molar-refractivity contribution in [3.63, 3.8) is 0 Å². The third-order valence-corrected chi connectivity index (χ3v) is 7.97. The van der Waals surface area contributed by atoms with E-state index in [0.717, 1.165) is 39.0 Å². The molecule has 0 aliphatic rings. The van der Waals surface area contributed by atoms with Gasteiger partial charge in [0.15, 0.2) is 0 Å². The van der Waals surface area contributed by atoms with Gasteiger partial charge >= 0.3 is 0 Å². The van der Waals surface area contributed by atoms with E-state index in [4.69, 9.17) is 4.42 Å². The molecule has 0 saturated heterocycles. The maximum atomic E-state index is 6.24. The fraction of sp³-hybridized carbons (Fsp3) is 0. The minimum atomic E-state index is 0.841. The van der Waals surface area contributed by atoms with Gasteiger partial charge < -0.3 is 9.32 Å². The van der Waals surface area contributed by atoms with Crippen LogP contribution in [-0.4, -0.2) is 4.98 Å². The number of benzene rings is 6. The Labute approximate surface area is 243 Å². The predicted molar refractivity (Wildman–Crippen MR) is 175 cm³/mol. The summed E-state index contributed by atoms with van der Waals surface area (Å²) < 4.78 is 6.24. The first-order valence-electron chi connectivity index (χ1n) is 14.1. The molecule has 0 aliphatic carbocycles. The number of hydrogen-bond acceptors (Lipinski definition) is 3. The van der Waals surface area contributed by atoms with Gasteiger partial charge in [0, 0.05) is 46.3 Å². The van der Waals surface area contributed by atoms with E-state index in [2.05, 4.69) is 143 Å². The third kappa shape index (κ3) is 4.20. The average molecular weight is 539 g/mol. The molecule has 8 rings (SSSR count). The number of nitrogens with zero attached hydrogens (tertiary/aromatic N) is 2. The zero-order valence-electron chi connectivity index (χ0n) is 22.8. The molecular weight excluding hydrogens is 512 g/mol. The summed E-state index contributed by atoms with van der Waals surface area (Å²) in [6, 6.07) is 51.4. The maximum absolute atomic E-state index is 6.24. The number of anilines is 3. The molecule has 0 atom stereocenters. The van der Waals surface area contributed by atoms with Crippen molar-refractivity contribution < 1.29 is 4.42 Å². The first kappa shape index (κ1) is 24.2. The Hall–Kier alpha value is -5.67. The monoisotopic (exact) mass is 538 g/mol. The Morgan fingerprint density at radius 1 is 0.452 bits per heavy atom. The van der Waals surface area contributed by atoms with E-state index in [9.17, 15) is 0 Å². The second-order valence-corrected chi connectivity index (χ2v) is 10.5. The number of aromatic nitrogens is 1. The van der Waals surface area contributed by atoms with E-state index < -0.39 is 0 Å². The van der Waals surface area contributed by atoms with Crippen LogP contribution in [0.15, 0.2) is 162 Å². The molecule has 0 amide bonds. The van der Waals surface area contributed by atoms with Gasteiger partial charge in [-0.2, -0.15) is 0 Å². The van der Waals surface area contributed by atoms with Gasteiger partial charge in [-0.3, -0.25) is 4.98 Å². The van der Waals surface area contributed by atoms with Gasteiger partial charge in [0.25, 0.3) is 0 Å². The topological polar surface area (TPSA) is 29.3 Å². The minimum Gasteiger partial charge on any atom is -0.456 e. The van der Waals surface area contributed by atoms with Crippen LogP contribution in [0.4, 0.5) is 17.1 Å². The zero-order chi connectivity index (χ0) is 27.9. The van der Waals surface area contributed by atoms with Crippen LogP contribution < -0.4 is 4.90 Å². The van der Waals surface area contributed by atoms with Crippen LogP contribution in [0.3, 0.4) is 0 Å². The molecule has 0 bridgehead atoms. The van der Waals surface area contributed by atoms with E-state index >= 15 is 0 Å². The zero-order valence-corrected chi connectivity index (χ0v) is 22.8. The normalized spacial score (nSPS) is 11.3. The van der Waals surface area contributed by atoms with E-state index in [-0.39, 0.29) is 0 Å². The van der Waals surface area contributed by atoms with Gasteiger partial charge in [0.1, 0.15) is 11.2 Å². The van der Waals surface area contributed by atoms with E-state index in [1.165, 1.54) is 33.0 Å². The molecule has 0 N–H and O–H groups in total. The summed E-state index contributed by atoms with van der Waals surface area (Å²) >= 11 is 0. The summed E-state index contributed by atoms with van der Waals surface area (Å²) in [5.41, 5.74) is 9.67. The molecule has 8 aromatic rings. The van der Waals surface area contributed by atoms with Gasteiger partial charge in [0.05, 0.1) is 0 Å². The van der Waals surface area contributed by atoms with Crippen LogP contribution in [0.2, 0.25) is 0 Å². The molecular formula is C39H26N2O. The van der Waals surface area contributed by atoms with Gasteiger partial charge in [0.2, 0.25) is 0 Å². The molecule has 198 valence electrons. The van der Waals surface area contributed by atoms with E-state index in [1.54, 1.807) is 6.20 Å². The lowest BCUT2D eigenvalue weighted by Crippen LogP contribution is -2.09. The molecule has 3 nitrogen and oxygen atoms in total. The highest BCUT2D eigenvalue weighted by atomic mass is 16.3. The van der Waals surface area contributed by atoms with Crippen LogP contribution in [-0.2, 0) is 0 Å². The lowest BCUT2D eigenvalue weighted by Gasteiger charge is -2.26. The first-order valence-corrected chi connectivity index (χ1v) is 14.1. The van der Waals surface area contributed by atoms with Crippen molar-refractivity contribution in [3.05, 3.63) is 158 Å². The molecule has 2 aromatic heterocycles. The standard InChI is InChI=1S/C39H26N2O/c1-2-7-27(8-3-1)28-13-17-31(18-14-28)41(33-21-22-36-37-26-40-24-23-38(37)42-39(36)25-33)32-19-15-30(16-20-32)35-12-6-10-29-9-4-5-11-34(29)35/h1-26H. The summed E-state index contributed by atoms with van der Waals surface area (Å²) in [4.78, 5) is 6.59. The maximum Gasteiger partial charge on any atom is 0.138 e. The number of furan rings is 1. The predicted octanol–water partition coefficient (Wildman–Crippen LogP) is 10.9. The molecule has 0 unspecified atom stereocenters. The molecule has 0 fully saturated rings. The van der Waals surface area contributed by atoms with Crippen molar-refractivity contribution in [2.24, 2.45) is 0 Å². The van der Waals surface area contributed by atoms with Gasteiger partial charge in [-0.25, -0.2) is 0 Å². The van der Waals surface area contributed by atoms with Crippen LogP contribution in [0.5, 0.6) is 0 Å². The lowest BCUT2D eigenvalue weighted by molar-refractivity contribution is 0.668. The van der Waals surface area contributed by atoms with Gasteiger partial charge in [-0.05, 0) is 75.5 Å². The molecule has 0 aliphatic heterocycles. The average Bonchev–Trinajstić information content (AvgIpc) is 3.44. The van der Waals surface area contributed by atoms with Gasteiger partial charge in [-0.15, -0.1) is 0 Å². The van der Waals surface area contributed by atoms with Crippen LogP contribution >= 0.6 is 0 Å². The van der Waals surface area contributed by atoms with Crippen molar-refractivity contribution in [2.45, 2.75) is 0 Å². The second-order valence-electron chi connectivity index (χ2n) is 10.5. The molecule has 6 aromatic carbocycles. The molecule has 0 radical (unpaired) electrons. The molecule has 0 spiro atoms. The largest absolute Gasteiger partial charge is 0.456 e. The Morgan fingerprint density at radius 3 is 1.93 bits per heavy atom. The SMILES string of the molecule is c1ccc(-c2ccc(N(c3ccc(-c4cccc5ccccc45)cc3)c3ccc4c(c3)oc3ccncc34)cc2)cc1. The molecule has 2 heterocycles. The Bertz CT molecular complexity index is 2170. The highest BCUT2D eigenvalue weighted by molar-refractivity contribution is 6.05. The number of pyridine rings is 1. The second kappa shape index (κ2) is 10.1. The Balaban J connectivity index is 1.24. The van der Waals surface area contributed by atoms with Gasteiger partial charge in [-0.1, -0.05) is 97.1 Å². The third-order valence-electron chi connectivity index (χ3n) is 7.97. The van der Waals surface area contributed by atoms with Crippen LogP contribution in [0.1, 0.15) is 0 Å². The quantitative estimate of drug-likeness (QED) is 0.218. The number of fused-ring (bicyclic) bond motifs is 4. The Morgan fingerprint density at radius 2 is 1.12 bits per heavy atom. The number of hydrogen-bond donors (Lipinski definition) is 0. The van der Waals surface area contributed by atoms with Crippen molar-refractivity contribution in [2.75, 3.05) is 4.90 Å². The van der Waals surface area contributed by atoms with Crippen LogP contribution in [0, 0.1) is 0 Å². The van der Waals surface area contributed by atoms with E-state index in [0.29, 0.717) is 0 Å². The summed E-state index contributed by atoms with van der Waals surface area (Å²) in [6.07, 6.45) is 3.64. The minimum absolute atomic E-state index is 0.841. The molecule has 3 heteroatoms. The van der Waals surface area contributed by atoms with Crippen molar-refractivity contribution in [1.82, 2.24) is 4.98 Å². The molecule has 0 saturated carbocycles.